The van der Waals surface area contributed by atoms with E-state index in [4.69, 9.17) is 4.74 Å². The number of benzene rings is 1. The van der Waals surface area contributed by atoms with Gasteiger partial charge in [0.15, 0.2) is 12.3 Å². The predicted octanol–water partition coefficient (Wildman–Crippen LogP) is 2.03. The van der Waals surface area contributed by atoms with E-state index in [2.05, 4.69) is 59.2 Å². The minimum atomic E-state index is -0.0205. The Morgan fingerprint density at radius 2 is 1.90 bits per heavy atom. The Hall–Kier alpha value is -3.00. The van der Waals surface area contributed by atoms with Crippen molar-refractivity contribution in [3.63, 3.8) is 0 Å². The van der Waals surface area contributed by atoms with E-state index < -0.39 is 0 Å². The molecule has 3 aromatic rings. The Balaban J connectivity index is 1.29. The van der Waals surface area contributed by atoms with E-state index >= 15 is 0 Å². The minimum absolute atomic E-state index is 0.0193. The summed E-state index contributed by atoms with van der Waals surface area (Å²) in [5.41, 5.74) is 4.59. The number of nitrogens with zero attached hydrogens (tertiary/aromatic N) is 6. The van der Waals surface area contributed by atoms with Gasteiger partial charge in [-0.2, -0.15) is 4.52 Å². The van der Waals surface area contributed by atoms with Crippen LogP contribution in [0.1, 0.15) is 29.7 Å². The minimum Gasteiger partial charge on any atom is -0.467 e. The van der Waals surface area contributed by atoms with Gasteiger partial charge in [0.25, 0.3) is 5.91 Å². The maximum Gasteiger partial charge on any atom is 0.260 e. The van der Waals surface area contributed by atoms with Gasteiger partial charge in [-0.3, -0.25) is 9.69 Å². The summed E-state index contributed by atoms with van der Waals surface area (Å²) in [6.07, 6.45) is 1.50. The molecule has 1 atom stereocenters. The van der Waals surface area contributed by atoms with Gasteiger partial charge in [0.1, 0.15) is 6.33 Å². The molecule has 0 spiro atoms. The summed E-state index contributed by atoms with van der Waals surface area (Å²) in [7, 11) is 0. The second-order valence-corrected chi connectivity index (χ2v) is 7.53. The van der Waals surface area contributed by atoms with Crippen LogP contribution in [0.5, 0.6) is 5.88 Å². The number of piperazine rings is 1. The summed E-state index contributed by atoms with van der Waals surface area (Å²) in [6, 6.07) is 10.4. The third kappa shape index (κ3) is 4.22. The van der Waals surface area contributed by atoms with Crippen molar-refractivity contribution in [3.8, 4) is 5.88 Å². The number of carbonyl (C=O) groups excluding carboxylic acids is 1. The highest BCUT2D eigenvalue weighted by molar-refractivity contribution is 5.77. The molecule has 3 heterocycles. The van der Waals surface area contributed by atoms with Gasteiger partial charge < -0.3 is 9.64 Å². The molecule has 1 unspecified atom stereocenters. The number of amides is 1. The fraction of sp³-hybridized carbons (Fsp3) is 0.429. The van der Waals surface area contributed by atoms with Crippen LogP contribution in [0.3, 0.4) is 0 Å². The number of hydrogen-bond acceptors (Lipinski definition) is 6. The Morgan fingerprint density at radius 3 is 2.66 bits per heavy atom. The molecule has 1 saturated heterocycles. The molecule has 0 saturated carbocycles. The molecule has 0 bridgehead atoms. The molecule has 2 aromatic heterocycles. The van der Waals surface area contributed by atoms with Gasteiger partial charge in [0, 0.05) is 38.3 Å². The van der Waals surface area contributed by atoms with Crippen molar-refractivity contribution in [2.75, 3.05) is 32.8 Å². The first-order valence-electron chi connectivity index (χ1n) is 9.90. The first-order valence-corrected chi connectivity index (χ1v) is 9.90. The largest absolute Gasteiger partial charge is 0.467 e. The van der Waals surface area contributed by atoms with E-state index in [1.807, 2.05) is 4.90 Å². The predicted molar refractivity (Wildman–Crippen MR) is 109 cm³/mol. The lowest BCUT2D eigenvalue weighted by molar-refractivity contribution is -0.135. The normalized spacial score (nSPS) is 16.2. The number of hydrogen-bond donors (Lipinski definition) is 0. The number of aryl methyl sites for hydroxylation is 2. The highest BCUT2D eigenvalue weighted by Gasteiger charge is 2.25. The molecule has 4 rings (SSSR count). The monoisotopic (exact) mass is 394 g/mol. The molecule has 0 aliphatic carbocycles. The average Bonchev–Trinajstić information content (AvgIpc) is 3.21. The van der Waals surface area contributed by atoms with Crippen LogP contribution in [-0.2, 0) is 4.79 Å². The summed E-state index contributed by atoms with van der Waals surface area (Å²) >= 11 is 0. The lowest BCUT2D eigenvalue weighted by Gasteiger charge is -2.38. The molecule has 152 valence electrons. The van der Waals surface area contributed by atoms with Gasteiger partial charge in [-0.1, -0.05) is 18.2 Å². The van der Waals surface area contributed by atoms with Crippen LogP contribution in [0.4, 0.5) is 0 Å². The van der Waals surface area contributed by atoms with Crippen LogP contribution in [0.2, 0.25) is 0 Å². The molecule has 8 nitrogen and oxygen atoms in total. The zero-order valence-corrected chi connectivity index (χ0v) is 17.1. The summed E-state index contributed by atoms with van der Waals surface area (Å²) < 4.78 is 7.09. The number of ether oxygens (including phenoxy) is 1. The zero-order chi connectivity index (χ0) is 20.4. The van der Waals surface area contributed by atoms with Crippen LogP contribution in [0, 0.1) is 13.8 Å². The fourth-order valence-corrected chi connectivity index (χ4v) is 3.61. The van der Waals surface area contributed by atoms with Crippen LogP contribution in [0.15, 0.2) is 36.7 Å². The lowest BCUT2D eigenvalue weighted by atomic mass is 10.0. The molecule has 0 radical (unpaired) electrons. The van der Waals surface area contributed by atoms with Crippen molar-refractivity contribution in [2.45, 2.75) is 26.8 Å². The standard InChI is InChI=1S/C21H26N6O2/c1-15-4-5-18(12-16(15)2)17(3)25-8-10-26(11-9-25)21(28)13-29-20-7-6-19-23-22-14-27(19)24-20/h4-7,12,14,17H,8-11,13H2,1-3H3. The summed E-state index contributed by atoms with van der Waals surface area (Å²) in [6.45, 7) is 9.61. The number of aromatic nitrogens is 4. The van der Waals surface area contributed by atoms with Crippen molar-refractivity contribution < 1.29 is 9.53 Å². The molecule has 1 fully saturated rings. The number of fused-ring (bicyclic) bond motifs is 1. The molecule has 1 amide bonds. The van der Waals surface area contributed by atoms with Gasteiger partial charge in [-0.15, -0.1) is 15.3 Å². The molecule has 1 aliphatic rings. The Labute approximate surface area is 170 Å². The van der Waals surface area contributed by atoms with Crippen LogP contribution in [0.25, 0.3) is 5.65 Å². The van der Waals surface area contributed by atoms with Crippen molar-refractivity contribution >= 4 is 11.6 Å². The highest BCUT2D eigenvalue weighted by Crippen LogP contribution is 2.23. The summed E-state index contributed by atoms with van der Waals surface area (Å²) in [4.78, 5) is 16.8. The molecule has 0 N–H and O–H groups in total. The Bertz CT molecular complexity index is 1010. The van der Waals surface area contributed by atoms with E-state index in [1.165, 1.54) is 27.5 Å². The topological polar surface area (TPSA) is 75.9 Å². The van der Waals surface area contributed by atoms with E-state index in [9.17, 15) is 4.79 Å². The van der Waals surface area contributed by atoms with E-state index in [1.54, 1.807) is 12.1 Å². The Kier molecular flexibility index (Phi) is 5.44. The molecular formula is C21H26N6O2. The van der Waals surface area contributed by atoms with Gasteiger partial charge in [-0.05, 0) is 43.5 Å². The second kappa shape index (κ2) is 8.16. The third-order valence-corrected chi connectivity index (χ3v) is 5.71. The first kappa shape index (κ1) is 19.3. The summed E-state index contributed by atoms with van der Waals surface area (Å²) in [5.74, 6) is 0.363. The molecular weight excluding hydrogens is 368 g/mol. The van der Waals surface area contributed by atoms with Crippen LogP contribution >= 0.6 is 0 Å². The van der Waals surface area contributed by atoms with E-state index in [0.717, 1.165) is 13.1 Å². The maximum absolute atomic E-state index is 12.5. The van der Waals surface area contributed by atoms with Crippen LogP contribution < -0.4 is 4.74 Å². The van der Waals surface area contributed by atoms with Crippen molar-refractivity contribution in [3.05, 3.63) is 53.3 Å². The average molecular weight is 394 g/mol. The van der Waals surface area contributed by atoms with Crippen molar-refractivity contribution in [1.29, 1.82) is 0 Å². The Morgan fingerprint density at radius 1 is 1.10 bits per heavy atom. The molecule has 1 aromatic carbocycles. The second-order valence-electron chi connectivity index (χ2n) is 7.53. The SMILES string of the molecule is Cc1ccc(C(C)N2CCN(C(=O)COc3ccc4nncn4n3)CC2)cc1C. The summed E-state index contributed by atoms with van der Waals surface area (Å²) in [5, 5.41) is 11.9. The van der Waals surface area contributed by atoms with Gasteiger partial charge >= 0.3 is 0 Å². The van der Waals surface area contributed by atoms with Gasteiger partial charge in [0.2, 0.25) is 5.88 Å². The van der Waals surface area contributed by atoms with Gasteiger partial charge in [0.05, 0.1) is 0 Å². The van der Waals surface area contributed by atoms with E-state index in [-0.39, 0.29) is 12.5 Å². The molecule has 1 aliphatic heterocycles. The van der Waals surface area contributed by atoms with E-state index in [0.29, 0.717) is 30.7 Å². The number of rotatable bonds is 5. The van der Waals surface area contributed by atoms with Crippen molar-refractivity contribution in [2.24, 2.45) is 0 Å². The maximum atomic E-state index is 12.5. The third-order valence-electron chi connectivity index (χ3n) is 5.71. The molecule has 8 heteroatoms. The van der Waals surface area contributed by atoms with Gasteiger partial charge in [-0.25, -0.2) is 0 Å². The highest BCUT2D eigenvalue weighted by atomic mass is 16.5. The fourth-order valence-electron chi connectivity index (χ4n) is 3.61. The first-order chi connectivity index (χ1) is 14.0. The van der Waals surface area contributed by atoms with Crippen molar-refractivity contribution in [1.82, 2.24) is 29.6 Å². The van der Waals surface area contributed by atoms with Crippen LogP contribution in [-0.4, -0.2) is 68.3 Å². The molecule has 29 heavy (non-hydrogen) atoms. The smallest absolute Gasteiger partial charge is 0.260 e. The lowest BCUT2D eigenvalue weighted by Crippen LogP contribution is -2.50. The number of carbonyl (C=O) groups is 1. The zero-order valence-electron chi connectivity index (χ0n) is 17.1. The quantitative estimate of drug-likeness (QED) is 0.659.